The summed E-state index contributed by atoms with van der Waals surface area (Å²) in [6.45, 7) is 6.31. The van der Waals surface area contributed by atoms with Gasteiger partial charge in [-0.2, -0.15) is 5.10 Å². The molecule has 2 rings (SSSR count). The summed E-state index contributed by atoms with van der Waals surface area (Å²) in [5.41, 5.74) is 1.70. The molecule has 1 saturated heterocycles. The van der Waals surface area contributed by atoms with Crippen LogP contribution in [0.2, 0.25) is 0 Å². The van der Waals surface area contributed by atoms with Gasteiger partial charge < -0.3 is 14.8 Å². The van der Waals surface area contributed by atoms with E-state index in [4.69, 9.17) is 15.9 Å². The summed E-state index contributed by atoms with van der Waals surface area (Å²) in [5, 5.41) is 11.1. The number of thioether (sulfide) groups is 1. The number of terminal acetylenes is 1. The molecule has 0 aromatic heterocycles. The van der Waals surface area contributed by atoms with Crippen molar-refractivity contribution in [1.82, 2.24) is 5.32 Å². The Bertz CT molecular complexity index is 751. The Morgan fingerprint density at radius 1 is 1.48 bits per heavy atom. The van der Waals surface area contributed by atoms with Gasteiger partial charge in [0.2, 0.25) is 5.91 Å². The van der Waals surface area contributed by atoms with Crippen LogP contribution in [0.3, 0.4) is 0 Å². The summed E-state index contributed by atoms with van der Waals surface area (Å²) in [6, 6.07) is 3.73. The van der Waals surface area contributed by atoms with E-state index in [2.05, 4.69) is 28.0 Å². The van der Waals surface area contributed by atoms with Crippen LogP contribution in [0.4, 0.5) is 0 Å². The Balaban J connectivity index is 2.29. The van der Waals surface area contributed by atoms with Crippen molar-refractivity contribution in [2.45, 2.75) is 13.3 Å². The first-order valence-electron chi connectivity index (χ1n) is 7.68. The summed E-state index contributed by atoms with van der Waals surface area (Å²) in [7, 11) is 0. The monoisotopic (exact) mass is 357 g/mol. The number of carbonyl (C=O) groups excluding carboxylic acids is 1. The molecule has 0 aliphatic carbocycles. The highest BCUT2D eigenvalue weighted by Crippen LogP contribution is 2.33. The maximum Gasteiger partial charge on any atom is 0.236 e. The van der Waals surface area contributed by atoms with Gasteiger partial charge in [-0.05, 0) is 31.0 Å². The zero-order valence-corrected chi connectivity index (χ0v) is 14.8. The molecule has 1 aromatic carbocycles. The quantitative estimate of drug-likeness (QED) is 0.336. The second kappa shape index (κ2) is 9.55. The van der Waals surface area contributed by atoms with Crippen LogP contribution in [0.25, 0.3) is 0 Å². The van der Waals surface area contributed by atoms with Crippen LogP contribution in [-0.2, 0) is 11.2 Å². The van der Waals surface area contributed by atoms with Crippen LogP contribution in [0, 0.1) is 12.3 Å². The number of hydrogen-bond donors (Lipinski definition) is 1. The van der Waals surface area contributed by atoms with Gasteiger partial charge in [-0.1, -0.05) is 23.8 Å². The third-order valence-corrected chi connectivity index (χ3v) is 3.92. The van der Waals surface area contributed by atoms with Crippen LogP contribution >= 0.6 is 11.8 Å². The molecule has 1 fully saturated rings. The fourth-order valence-electron chi connectivity index (χ4n) is 2.13. The third-order valence-electron chi connectivity index (χ3n) is 3.06. The van der Waals surface area contributed by atoms with Crippen LogP contribution < -0.4 is 14.8 Å². The molecule has 0 radical (unpaired) electrons. The van der Waals surface area contributed by atoms with Gasteiger partial charge in [0.25, 0.3) is 0 Å². The number of amidine groups is 1. The Morgan fingerprint density at radius 2 is 2.32 bits per heavy atom. The number of ether oxygens (including phenoxy) is 2. The van der Waals surface area contributed by atoms with E-state index >= 15 is 0 Å². The van der Waals surface area contributed by atoms with E-state index in [-0.39, 0.29) is 12.5 Å². The first-order chi connectivity index (χ1) is 12.2. The van der Waals surface area contributed by atoms with Crippen LogP contribution in [0.15, 0.2) is 35.0 Å². The summed E-state index contributed by atoms with van der Waals surface area (Å²) >= 11 is 1.32. The number of benzene rings is 1. The zero-order valence-electron chi connectivity index (χ0n) is 13.9. The predicted molar refractivity (Wildman–Crippen MR) is 101 cm³/mol. The standard InChI is InChI=1S/C18H19N3O3S/c1-4-7-14-9-13(11-19-21-18-20-16(22)12-25-18)10-15(23-6-3)17(14)24-8-5-2/h2,4,9-11H,1,6-8,12H2,3H3,(H,20,21,22). The Morgan fingerprint density at radius 3 is 2.96 bits per heavy atom. The van der Waals surface area contributed by atoms with Crippen molar-refractivity contribution in [3.63, 3.8) is 0 Å². The van der Waals surface area contributed by atoms with E-state index in [0.29, 0.717) is 35.4 Å². The zero-order chi connectivity index (χ0) is 18.1. The molecule has 130 valence electrons. The predicted octanol–water partition coefficient (Wildman–Crippen LogP) is 2.38. The summed E-state index contributed by atoms with van der Waals surface area (Å²) in [4.78, 5) is 11.1. The highest BCUT2D eigenvalue weighted by molar-refractivity contribution is 8.15. The van der Waals surface area contributed by atoms with E-state index in [1.165, 1.54) is 11.8 Å². The molecule has 1 amide bonds. The second-order valence-corrected chi connectivity index (χ2v) is 5.88. The Kier molecular flexibility index (Phi) is 7.11. The molecule has 1 N–H and O–H groups in total. The maximum absolute atomic E-state index is 11.1. The van der Waals surface area contributed by atoms with Crippen molar-refractivity contribution >= 4 is 29.1 Å². The van der Waals surface area contributed by atoms with Gasteiger partial charge in [0, 0.05) is 5.56 Å². The summed E-state index contributed by atoms with van der Waals surface area (Å²) < 4.78 is 11.3. The molecule has 1 aromatic rings. The second-order valence-electron chi connectivity index (χ2n) is 4.91. The van der Waals surface area contributed by atoms with Gasteiger partial charge >= 0.3 is 0 Å². The van der Waals surface area contributed by atoms with Crippen molar-refractivity contribution in [3.8, 4) is 23.8 Å². The minimum Gasteiger partial charge on any atom is -0.490 e. The average molecular weight is 357 g/mol. The van der Waals surface area contributed by atoms with Crippen molar-refractivity contribution in [1.29, 1.82) is 0 Å². The molecule has 6 nitrogen and oxygen atoms in total. The molecule has 25 heavy (non-hydrogen) atoms. The molecule has 0 spiro atoms. The maximum atomic E-state index is 11.1. The van der Waals surface area contributed by atoms with Crippen molar-refractivity contribution in [3.05, 3.63) is 35.9 Å². The largest absolute Gasteiger partial charge is 0.490 e. The van der Waals surface area contributed by atoms with E-state index in [9.17, 15) is 4.79 Å². The SMILES string of the molecule is C#CCOc1c(CC=C)cc(C=NN=C2NC(=O)CS2)cc1OCC. The fourth-order valence-corrected chi connectivity index (χ4v) is 2.76. The smallest absolute Gasteiger partial charge is 0.236 e. The van der Waals surface area contributed by atoms with Gasteiger partial charge in [0.15, 0.2) is 16.7 Å². The number of nitrogens with zero attached hydrogens (tertiary/aromatic N) is 2. The molecule has 0 unspecified atom stereocenters. The first-order valence-corrected chi connectivity index (χ1v) is 8.67. The lowest BCUT2D eigenvalue weighted by molar-refractivity contribution is -0.116. The van der Waals surface area contributed by atoms with E-state index < -0.39 is 0 Å². The Hall–Kier alpha value is -2.72. The molecule has 0 bridgehead atoms. The van der Waals surface area contributed by atoms with Gasteiger partial charge in [0.1, 0.15) is 6.61 Å². The fraction of sp³-hybridized carbons (Fsp3) is 0.278. The van der Waals surface area contributed by atoms with Gasteiger partial charge in [-0.3, -0.25) is 4.79 Å². The van der Waals surface area contributed by atoms with Gasteiger partial charge in [-0.15, -0.1) is 18.1 Å². The first kappa shape index (κ1) is 18.6. The van der Waals surface area contributed by atoms with Crippen LogP contribution in [0.5, 0.6) is 11.5 Å². The molecule has 1 heterocycles. The van der Waals surface area contributed by atoms with E-state index in [1.807, 2.05) is 19.1 Å². The molecule has 1 aliphatic heterocycles. The molecule has 1 aliphatic rings. The highest BCUT2D eigenvalue weighted by Gasteiger charge is 2.16. The molecular formula is C18H19N3O3S. The summed E-state index contributed by atoms with van der Waals surface area (Å²) in [6.07, 6.45) is 9.26. The number of carbonyl (C=O) groups is 1. The number of nitrogens with one attached hydrogen (secondary N) is 1. The molecular weight excluding hydrogens is 338 g/mol. The van der Waals surface area contributed by atoms with E-state index in [0.717, 1.165) is 11.1 Å². The summed E-state index contributed by atoms with van der Waals surface area (Å²) in [5.74, 6) is 3.96. The van der Waals surface area contributed by atoms with Crippen molar-refractivity contribution in [2.75, 3.05) is 19.0 Å². The van der Waals surface area contributed by atoms with Crippen molar-refractivity contribution < 1.29 is 14.3 Å². The van der Waals surface area contributed by atoms with Crippen LogP contribution in [0.1, 0.15) is 18.1 Å². The third kappa shape index (κ3) is 5.40. The molecule has 0 atom stereocenters. The lowest BCUT2D eigenvalue weighted by Gasteiger charge is -2.15. The van der Waals surface area contributed by atoms with E-state index in [1.54, 1.807) is 12.3 Å². The number of amides is 1. The van der Waals surface area contributed by atoms with Gasteiger partial charge in [0.05, 0.1) is 18.6 Å². The van der Waals surface area contributed by atoms with Crippen LogP contribution in [-0.4, -0.2) is 36.3 Å². The van der Waals surface area contributed by atoms with Gasteiger partial charge in [-0.25, -0.2) is 0 Å². The lowest BCUT2D eigenvalue weighted by atomic mass is 10.1. The number of hydrogen-bond acceptors (Lipinski definition) is 6. The highest BCUT2D eigenvalue weighted by atomic mass is 32.2. The topological polar surface area (TPSA) is 72.3 Å². The number of allylic oxidation sites excluding steroid dienone is 1. The lowest BCUT2D eigenvalue weighted by Crippen LogP contribution is -2.19. The Labute approximate surface area is 151 Å². The molecule has 7 heteroatoms. The number of rotatable bonds is 8. The van der Waals surface area contributed by atoms with Crippen molar-refractivity contribution in [2.24, 2.45) is 10.2 Å². The minimum absolute atomic E-state index is 0.0686. The minimum atomic E-state index is -0.0686. The molecule has 0 saturated carbocycles. The average Bonchev–Trinajstić information content (AvgIpc) is 3.00. The normalized spacial score (nSPS) is 15.2.